The van der Waals surface area contributed by atoms with Crippen LogP contribution in [0.1, 0.15) is 15.2 Å². The van der Waals surface area contributed by atoms with Crippen molar-refractivity contribution in [2.75, 3.05) is 5.32 Å². The number of rotatable bonds is 4. The standard InChI is InChI=1S/C23H15Cl3N2OS/c1-13-21(28-23(30-13)15-5-3-2-4-6-15)14-7-9-16(10-8-14)27-22(29)19-17(24)11-12-18(25)20(19)26/h2-12H,1H3,(H,27,29). The number of anilines is 1. The van der Waals surface area contributed by atoms with E-state index in [2.05, 4.69) is 12.2 Å². The number of carbonyl (C=O) groups excluding carboxylic acids is 1. The van der Waals surface area contributed by atoms with Gasteiger partial charge in [0.05, 0.1) is 26.3 Å². The molecule has 0 atom stereocenters. The van der Waals surface area contributed by atoms with Crippen LogP contribution >= 0.6 is 46.1 Å². The lowest BCUT2D eigenvalue weighted by molar-refractivity contribution is 0.102. The first-order valence-electron chi connectivity index (χ1n) is 9.02. The van der Waals surface area contributed by atoms with E-state index in [1.54, 1.807) is 23.5 Å². The maximum atomic E-state index is 12.6. The van der Waals surface area contributed by atoms with Gasteiger partial charge in [-0.2, -0.15) is 0 Å². The van der Waals surface area contributed by atoms with Gasteiger partial charge in [-0.25, -0.2) is 4.98 Å². The highest BCUT2D eigenvalue weighted by Gasteiger charge is 2.18. The molecule has 150 valence electrons. The van der Waals surface area contributed by atoms with Crippen LogP contribution in [0.15, 0.2) is 66.7 Å². The average Bonchev–Trinajstić information content (AvgIpc) is 3.14. The van der Waals surface area contributed by atoms with Crippen LogP contribution in [0, 0.1) is 6.92 Å². The minimum absolute atomic E-state index is 0.129. The number of nitrogens with zero attached hydrogens (tertiary/aromatic N) is 1. The smallest absolute Gasteiger partial charge is 0.258 e. The van der Waals surface area contributed by atoms with E-state index < -0.39 is 5.91 Å². The third kappa shape index (κ3) is 4.23. The Bertz CT molecular complexity index is 1220. The molecule has 7 heteroatoms. The summed E-state index contributed by atoms with van der Waals surface area (Å²) in [7, 11) is 0. The maximum absolute atomic E-state index is 12.6. The van der Waals surface area contributed by atoms with Gasteiger partial charge in [0.2, 0.25) is 0 Å². The number of aromatic nitrogens is 1. The molecule has 0 saturated carbocycles. The Morgan fingerprint density at radius 3 is 2.23 bits per heavy atom. The minimum atomic E-state index is -0.420. The molecule has 4 aromatic rings. The zero-order valence-corrected chi connectivity index (χ0v) is 18.8. The Balaban J connectivity index is 1.56. The summed E-state index contributed by atoms with van der Waals surface area (Å²) in [6.45, 7) is 2.05. The molecular weight excluding hydrogens is 459 g/mol. The van der Waals surface area contributed by atoms with E-state index in [9.17, 15) is 4.79 Å². The Hall–Kier alpha value is -2.37. The second-order valence-corrected chi connectivity index (χ2v) is 8.94. The highest BCUT2D eigenvalue weighted by molar-refractivity contribution is 7.15. The molecule has 3 aromatic carbocycles. The van der Waals surface area contributed by atoms with Crippen LogP contribution in [0.5, 0.6) is 0 Å². The van der Waals surface area contributed by atoms with Gasteiger partial charge in [0.25, 0.3) is 5.91 Å². The maximum Gasteiger partial charge on any atom is 0.258 e. The summed E-state index contributed by atoms with van der Waals surface area (Å²) in [5.74, 6) is -0.420. The highest BCUT2D eigenvalue weighted by Crippen LogP contribution is 2.34. The number of aryl methyl sites for hydroxylation is 1. The molecule has 0 aliphatic heterocycles. The Kier molecular flexibility index (Phi) is 6.11. The lowest BCUT2D eigenvalue weighted by Gasteiger charge is -2.10. The number of carbonyl (C=O) groups is 1. The fraction of sp³-hybridized carbons (Fsp3) is 0.0435. The van der Waals surface area contributed by atoms with Crippen LogP contribution in [0.4, 0.5) is 5.69 Å². The molecule has 1 amide bonds. The van der Waals surface area contributed by atoms with E-state index in [-0.39, 0.29) is 20.6 Å². The third-order valence-corrected chi connectivity index (χ3v) is 6.64. The van der Waals surface area contributed by atoms with Crippen molar-refractivity contribution in [1.82, 2.24) is 4.98 Å². The van der Waals surface area contributed by atoms with Gasteiger partial charge in [0.1, 0.15) is 5.01 Å². The SMILES string of the molecule is Cc1sc(-c2ccccc2)nc1-c1ccc(NC(=O)c2c(Cl)ccc(Cl)c2Cl)cc1. The van der Waals surface area contributed by atoms with Gasteiger partial charge in [-0.3, -0.25) is 4.79 Å². The van der Waals surface area contributed by atoms with E-state index in [0.29, 0.717) is 5.69 Å². The first-order valence-corrected chi connectivity index (χ1v) is 11.0. The van der Waals surface area contributed by atoms with Crippen molar-refractivity contribution in [3.05, 3.63) is 92.2 Å². The number of hydrogen-bond acceptors (Lipinski definition) is 3. The van der Waals surface area contributed by atoms with Gasteiger partial charge in [-0.15, -0.1) is 11.3 Å². The van der Waals surface area contributed by atoms with E-state index in [1.165, 1.54) is 0 Å². The number of benzene rings is 3. The fourth-order valence-corrected chi connectivity index (χ4v) is 4.65. The number of thiazole rings is 1. The number of halogens is 3. The predicted octanol–water partition coefficient (Wildman–Crippen LogP) is 8.00. The number of nitrogens with one attached hydrogen (secondary N) is 1. The van der Waals surface area contributed by atoms with E-state index in [0.717, 1.165) is 26.7 Å². The molecule has 30 heavy (non-hydrogen) atoms. The van der Waals surface area contributed by atoms with Gasteiger partial charge in [0, 0.05) is 21.7 Å². The van der Waals surface area contributed by atoms with Crippen molar-refractivity contribution in [1.29, 1.82) is 0 Å². The lowest BCUT2D eigenvalue weighted by atomic mass is 10.1. The van der Waals surface area contributed by atoms with E-state index in [1.807, 2.05) is 54.6 Å². The summed E-state index contributed by atoms with van der Waals surface area (Å²) < 4.78 is 0. The summed E-state index contributed by atoms with van der Waals surface area (Å²) in [6, 6.07) is 20.7. The van der Waals surface area contributed by atoms with Crippen LogP contribution in [0.3, 0.4) is 0 Å². The van der Waals surface area contributed by atoms with Crippen molar-refractivity contribution in [2.45, 2.75) is 6.92 Å². The van der Waals surface area contributed by atoms with Gasteiger partial charge < -0.3 is 5.32 Å². The molecule has 1 aromatic heterocycles. The largest absolute Gasteiger partial charge is 0.322 e. The molecule has 0 aliphatic carbocycles. The molecule has 3 nitrogen and oxygen atoms in total. The number of hydrogen-bond donors (Lipinski definition) is 1. The predicted molar refractivity (Wildman–Crippen MR) is 127 cm³/mol. The summed E-state index contributed by atoms with van der Waals surface area (Å²) in [5, 5.41) is 4.43. The quantitative estimate of drug-likeness (QED) is 0.305. The molecule has 0 radical (unpaired) electrons. The van der Waals surface area contributed by atoms with E-state index >= 15 is 0 Å². The zero-order valence-electron chi connectivity index (χ0n) is 15.7. The molecule has 0 spiro atoms. The minimum Gasteiger partial charge on any atom is -0.322 e. The molecule has 0 bridgehead atoms. The molecular formula is C23H15Cl3N2OS. The molecule has 1 heterocycles. The second kappa shape index (κ2) is 8.78. The van der Waals surface area contributed by atoms with Gasteiger partial charge in [-0.05, 0) is 31.2 Å². The van der Waals surface area contributed by atoms with Crippen molar-refractivity contribution < 1.29 is 4.79 Å². The monoisotopic (exact) mass is 472 g/mol. The first-order chi connectivity index (χ1) is 14.4. The first kappa shape index (κ1) is 20.9. The van der Waals surface area contributed by atoms with Crippen LogP contribution in [-0.4, -0.2) is 10.9 Å². The summed E-state index contributed by atoms with van der Waals surface area (Å²) in [6.07, 6.45) is 0. The van der Waals surface area contributed by atoms with Crippen molar-refractivity contribution in [3.63, 3.8) is 0 Å². The molecule has 0 aliphatic rings. The molecule has 0 unspecified atom stereocenters. The second-order valence-electron chi connectivity index (χ2n) is 6.54. The highest BCUT2D eigenvalue weighted by atomic mass is 35.5. The van der Waals surface area contributed by atoms with Crippen LogP contribution in [0.25, 0.3) is 21.8 Å². The van der Waals surface area contributed by atoms with Crippen LogP contribution in [-0.2, 0) is 0 Å². The fourth-order valence-electron chi connectivity index (χ4n) is 3.01. The molecule has 0 saturated heterocycles. The summed E-state index contributed by atoms with van der Waals surface area (Å²) >= 11 is 19.9. The number of amides is 1. The van der Waals surface area contributed by atoms with Gasteiger partial charge >= 0.3 is 0 Å². The third-order valence-electron chi connectivity index (χ3n) is 4.50. The summed E-state index contributed by atoms with van der Waals surface area (Å²) in [4.78, 5) is 18.6. The van der Waals surface area contributed by atoms with Crippen molar-refractivity contribution in [3.8, 4) is 21.8 Å². The Labute approximate surface area is 193 Å². The Morgan fingerprint density at radius 2 is 1.53 bits per heavy atom. The van der Waals surface area contributed by atoms with E-state index in [4.69, 9.17) is 39.8 Å². The topological polar surface area (TPSA) is 42.0 Å². The van der Waals surface area contributed by atoms with Crippen molar-refractivity contribution in [2.24, 2.45) is 0 Å². The lowest BCUT2D eigenvalue weighted by Crippen LogP contribution is -2.13. The average molecular weight is 474 g/mol. The van der Waals surface area contributed by atoms with Crippen molar-refractivity contribution >= 4 is 57.7 Å². The molecule has 1 N–H and O–H groups in total. The normalized spacial score (nSPS) is 10.8. The van der Waals surface area contributed by atoms with Crippen LogP contribution < -0.4 is 5.32 Å². The summed E-state index contributed by atoms with van der Waals surface area (Å²) in [5.41, 5.74) is 3.77. The van der Waals surface area contributed by atoms with Crippen LogP contribution in [0.2, 0.25) is 15.1 Å². The van der Waals surface area contributed by atoms with Gasteiger partial charge in [0.15, 0.2) is 0 Å². The van der Waals surface area contributed by atoms with Gasteiger partial charge in [-0.1, -0.05) is 77.3 Å². The Morgan fingerprint density at radius 1 is 0.867 bits per heavy atom. The molecule has 4 rings (SSSR count). The molecule has 0 fully saturated rings. The zero-order chi connectivity index (χ0) is 21.3.